The molecule has 0 atom stereocenters. The van der Waals surface area contributed by atoms with Crippen LogP contribution < -0.4 is 4.90 Å². The minimum Gasteiger partial charge on any atom is -0.376 e. The highest BCUT2D eigenvalue weighted by molar-refractivity contribution is 5.62. The van der Waals surface area contributed by atoms with E-state index in [4.69, 9.17) is 9.72 Å². The van der Waals surface area contributed by atoms with Crippen molar-refractivity contribution in [1.82, 2.24) is 9.88 Å². The van der Waals surface area contributed by atoms with E-state index in [1.807, 2.05) is 0 Å². The molecule has 3 aliphatic rings. The van der Waals surface area contributed by atoms with Crippen molar-refractivity contribution in [1.29, 1.82) is 5.26 Å². The number of pyridine rings is 1. The van der Waals surface area contributed by atoms with Crippen LogP contribution >= 0.6 is 0 Å². The van der Waals surface area contributed by atoms with Gasteiger partial charge in [-0.25, -0.2) is 4.98 Å². The minimum absolute atomic E-state index is 0.343. The molecule has 0 bridgehead atoms. The summed E-state index contributed by atoms with van der Waals surface area (Å²) >= 11 is 0. The molecule has 146 valence electrons. The normalized spacial score (nSPS) is 21.9. The van der Waals surface area contributed by atoms with Crippen LogP contribution in [0.2, 0.25) is 0 Å². The maximum atomic E-state index is 9.92. The lowest BCUT2D eigenvalue weighted by molar-refractivity contribution is 0.109. The van der Waals surface area contributed by atoms with Crippen molar-refractivity contribution in [2.75, 3.05) is 37.7 Å². The molecule has 1 saturated carbocycles. The van der Waals surface area contributed by atoms with E-state index in [0.29, 0.717) is 19.1 Å². The number of nitrogens with zero attached hydrogens (tertiary/aromatic N) is 4. The average molecular weight is 369 g/mol. The molecule has 0 N–H and O–H groups in total. The Morgan fingerprint density at radius 2 is 1.81 bits per heavy atom. The number of nitriles is 1. The van der Waals surface area contributed by atoms with E-state index in [1.165, 1.54) is 37.7 Å². The van der Waals surface area contributed by atoms with Crippen LogP contribution in [0.15, 0.2) is 0 Å². The van der Waals surface area contributed by atoms with Crippen molar-refractivity contribution in [3.8, 4) is 6.07 Å². The molecule has 2 fully saturated rings. The SMILES string of the molecule is CC(C)c1nc(N2CCN(C3CCCCC3)CC2)c(C#N)c2c1COCC2. The third-order valence-electron chi connectivity index (χ3n) is 6.53. The third-order valence-corrected chi connectivity index (χ3v) is 6.53. The standard InChI is InChI=1S/C22H32N4O/c1-16(2)21-20-15-27-13-8-18(20)19(14-23)22(24-21)26-11-9-25(10-12-26)17-6-4-3-5-7-17/h16-17H,3-13,15H2,1-2H3. The molecular weight excluding hydrogens is 336 g/mol. The number of hydrogen-bond donors (Lipinski definition) is 0. The van der Waals surface area contributed by atoms with E-state index in [1.54, 1.807) is 0 Å². The fraction of sp³-hybridized carbons (Fsp3) is 0.727. The van der Waals surface area contributed by atoms with Crippen molar-refractivity contribution >= 4 is 5.82 Å². The van der Waals surface area contributed by atoms with E-state index in [0.717, 1.165) is 61.3 Å². The number of anilines is 1. The van der Waals surface area contributed by atoms with Crippen molar-refractivity contribution in [2.45, 2.75) is 70.9 Å². The van der Waals surface area contributed by atoms with Gasteiger partial charge in [0.05, 0.1) is 24.5 Å². The summed E-state index contributed by atoms with van der Waals surface area (Å²) in [5, 5.41) is 9.92. The summed E-state index contributed by atoms with van der Waals surface area (Å²) in [5.41, 5.74) is 4.27. The topological polar surface area (TPSA) is 52.4 Å². The predicted molar refractivity (Wildman–Crippen MR) is 107 cm³/mol. The van der Waals surface area contributed by atoms with Gasteiger partial charge in [0.2, 0.25) is 0 Å². The molecule has 5 nitrogen and oxygen atoms in total. The maximum Gasteiger partial charge on any atom is 0.147 e. The molecule has 0 aromatic carbocycles. The monoisotopic (exact) mass is 368 g/mol. The Morgan fingerprint density at radius 3 is 2.48 bits per heavy atom. The van der Waals surface area contributed by atoms with Crippen molar-refractivity contribution in [3.05, 3.63) is 22.4 Å². The molecule has 4 rings (SSSR count). The molecule has 0 spiro atoms. The van der Waals surface area contributed by atoms with Crippen LogP contribution in [0.1, 0.15) is 74.3 Å². The second kappa shape index (κ2) is 8.16. The summed E-state index contributed by atoms with van der Waals surface area (Å²) in [6, 6.07) is 3.26. The van der Waals surface area contributed by atoms with Gasteiger partial charge in [-0.15, -0.1) is 0 Å². The van der Waals surface area contributed by atoms with Crippen LogP contribution in [0.3, 0.4) is 0 Å². The zero-order chi connectivity index (χ0) is 18.8. The van der Waals surface area contributed by atoms with Crippen molar-refractivity contribution in [2.24, 2.45) is 0 Å². The first-order chi connectivity index (χ1) is 13.2. The molecule has 1 saturated heterocycles. The molecule has 3 heterocycles. The first kappa shape index (κ1) is 18.7. The number of fused-ring (bicyclic) bond motifs is 1. The van der Waals surface area contributed by atoms with Crippen molar-refractivity contribution in [3.63, 3.8) is 0 Å². The zero-order valence-electron chi connectivity index (χ0n) is 16.8. The fourth-order valence-corrected chi connectivity index (χ4v) is 5.03. The molecule has 5 heteroatoms. The number of rotatable bonds is 3. The first-order valence-electron chi connectivity index (χ1n) is 10.7. The largest absolute Gasteiger partial charge is 0.376 e. The maximum absolute atomic E-state index is 9.92. The molecule has 2 aliphatic heterocycles. The molecule has 1 aromatic rings. The molecule has 0 unspecified atom stereocenters. The second-order valence-corrected chi connectivity index (χ2v) is 8.54. The summed E-state index contributed by atoms with van der Waals surface area (Å²) in [6.07, 6.45) is 7.72. The van der Waals surface area contributed by atoms with Crippen LogP contribution in [0, 0.1) is 11.3 Å². The highest BCUT2D eigenvalue weighted by Crippen LogP contribution is 2.34. The molecule has 0 amide bonds. The minimum atomic E-state index is 0.343. The lowest BCUT2D eigenvalue weighted by Crippen LogP contribution is -2.51. The van der Waals surface area contributed by atoms with Gasteiger partial charge < -0.3 is 9.64 Å². The van der Waals surface area contributed by atoms with E-state index < -0.39 is 0 Å². The smallest absolute Gasteiger partial charge is 0.147 e. The second-order valence-electron chi connectivity index (χ2n) is 8.54. The summed E-state index contributed by atoms with van der Waals surface area (Å²) in [7, 11) is 0. The summed E-state index contributed by atoms with van der Waals surface area (Å²) < 4.78 is 5.68. The van der Waals surface area contributed by atoms with Gasteiger partial charge in [-0.1, -0.05) is 33.1 Å². The quantitative estimate of drug-likeness (QED) is 0.816. The highest BCUT2D eigenvalue weighted by Gasteiger charge is 2.30. The van der Waals surface area contributed by atoms with Gasteiger partial charge in [0.25, 0.3) is 0 Å². The Kier molecular flexibility index (Phi) is 5.66. The van der Waals surface area contributed by atoms with Gasteiger partial charge in [-0.3, -0.25) is 4.90 Å². The van der Waals surface area contributed by atoms with E-state index >= 15 is 0 Å². The highest BCUT2D eigenvalue weighted by atomic mass is 16.5. The predicted octanol–water partition coefficient (Wildman–Crippen LogP) is 3.60. The Morgan fingerprint density at radius 1 is 1.07 bits per heavy atom. The van der Waals surface area contributed by atoms with Gasteiger partial charge >= 0.3 is 0 Å². The molecule has 1 aromatic heterocycles. The van der Waals surface area contributed by atoms with Crippen LogP contribution in [-0.2, 0) is 17.8 Å². The Hall–Kier alpha value is -1.64. The third kappa shape index (κ3) is 3.70. The van der Waals surface area contributed by atoms with Gasteiger partial charge in [0.15, 0.2) is 0 Å². The van der Waals surface area contributed by atoms with E-state index in [9.17, 15) is 5.26 Å². The van der Waals surface area contributed by atoms with Gasteiger partial charge in [-0.2, -0.15) is 5.26 Å². The van der Waals surface area contributed by atoms with E-state index in [2.05, 4.69) is 29.7 Å². The van der Waals surface area contributed by atoms with Crippen LogP contribution in [-0.4, -0.2) is 48.7 Å². The Labute approximate surface area is 163 Å². The van der Waals surface area contributed by atoms with Crippen molar-refractivity contribution < 1.29 is 4.74 Å². The molecule has 27 heavy (non-hydrogen) atoms. The Bertz CT molecular complexity index is 710. The van der Waals surface area contributed by atoms with Crippen LogP contribution in [0.4, 0.5) is 5.82 Å². The zero-order valence-corrected chi connectivity index (χ0v) is 16.8. The molecule has 0 radical (unpaired) electrons. The summed E-state index contributed by atoms with van der Waals surface area (Å²) in [5.74, 6) is 1.26. The molecular formula is C22H32N4O. The lowest BCUT2D eigenvalue weighted by atomic mass is 9.92. The van der Waals surface area contributed by atoms with Gasteiger partial charge in [0, 0.05) is 37.8 Å². The molecule has 1 aliphatic carbocycles. The lowest BCUT2D eigenvalue weighted by Gasteiger charge is -2.41. The van der Waals surface area contributed by atoms with E-state index in [-0.39, 0.29) is 0 Å². The summed E-state index contributed by atoms with van der Waals surface area (Å²) in [4.78, 5) is 10.1. The van der Waals surface area contributed by atoms with Gasteiger partial charge in [0.1, 0.15) is 11.9 Å². The summed E-state index contributed by atoms with van der Waals surface area (Å²) in [6.45, 7) is 9.82. The first-order valence-corrected chi connectivity index (χ1v) is 10.7. The van der Waals surface area contributed by atoms with Crippen LogP contribution in [0.25, 0.3) is 0 Å². The number of piperazine rings is 1. The van der Waals surface area contributed by atoms with Crippen LogP contribution in [0.5, 0.6) is 0 Å². The Balaban J connectivity index is 1.58. The fourth-order valence-electron chi connectivity index (χ4n) is 5.03. The number of ether oxygens (including phenoxy) is 1. The average Bonchev–Trinajstić information content (AvgIpc) is 2.73. The number of aromatic nitrogens is 1. The van der Waals surface area contributed by atoms with Gasteiger partial charge in [-0.05, 0) is 30.7 Å². The number of hydrogen-bond acceptors (Lipinski definition) is 5.